The van der Waals surface area contributed by atoms with Crippen molar-refractivity contribution in [1.82, 2.24) is 0 Å². The van der Waals surface area contributed by atoms with Gasteiger partial charge in [-0.3, -0.25) is 0 Å². The van der Waals surface area contributed by atoms with Gasteiger partial charge in [-0.1, -0.05) is 18.2 Å². The molecular formula is C14H18N2O. The first-order chi connectivity index (χ1) is 8.11. The van der Waals surface area contributed by atoms with Crippen LogP contribution >= 0.6 is 0 Å². The van der Waals surface area contributed by atoms with Gasteiger partial charge in [-0.2, -0.15) is 0 Å². The molecule has 2 rings (SSSR count). The molecule has 17 heavy (non-hydrogen) atoms. The van der Waals surface area contributed by atoms with E-state index in [1.54, 1.807) is 7.11 Å². The molecule has 2 aromatic carbocycles. The van der Waals surface area contributed by atoms with Crippen molar-refractivity contribution < 1.29 is 4.74 Å². The van der Waals surface area contributed by atoms with Crippen LogP contribution in [0.25, 0.3) is 10.8 Å². The smallest absolute Gasteiger partial charge is 0.119 e. The van der Waals surface area contributed by atoms with E-state index < -0.39 is 0 Å². The van der Waals surface area contributed by atoms with Crippen molar-refractivity contribution in [2.75, 3.05) is 7.11 Å². The zero-order chi connectivity index (χ0) is 12.4. The Balaban J connectivity index is 2.44. The quantitative estimate of drug-likeness (QED) is 0.849. The lowest BCUT2D eigenvalue weighted by Gasteiger charge is -2.16. The van der Waals surface area contributed by atoms with Crippen molar-refractivity contribution in [2.45, 2.75) is 19.0 Å². The third kappa shape index (κ3) is 2.40. The summed E-state index contributed by atoms with van der Waals surface area (Å²) in [5.41, 5.74) is 12.9. The Morgan fingerprint density at radius 1 is 1.00 bits per heavy atom. The van der Waals surface area contributed by atoms with Crippen LogP contribution in [0.5, 0.6) is 5.75 Å². The second-order valence-corrected chi connectivity index (χ2v) is 4.36. The molecule has 2 unspecified atom stereocenters. The zero-order valence-electron chi connectivity index (χ0n) is 10.2. The Bertz CT molecular complexity index is 523. The predicted octanol–water partition coefficient (Wildman–Crippen LogP) is 2.20. The monoisotopic (exact) mass is 230 g/mol. The summed E-state index contributed by atoms with van der Waals surface area (Å²) in [4.78, 5) is 0. The van der Waals surface area contributed by atoms with Crippen LogP contribution in [-0.2, 0) is 0 Å². The minimum Gasteiger partial charge on any atom is -0.497 e. The van der Waals surface area contributed by atoms with E-state index >= 15 is 0 Å². The minimum absolute atomic E-state index is 0.0503. The highest BCUT2D eigenvalue weighted by molar-refractivity contribution is 5.84. The summed E-state index contributed by atoms with van der Waals surface area (Å²) in [6, 6.07) is 12.0. The predicted molar refractivity (Wildman–Crippen MR) is 71.1 cm³/mol. The van der Waals surface area contributed by atoms with Crippen LogP contribution in [-0.4, -0.2) is 13.2 Å². The molecule has 0 aliphatic rings. The largest absolute Gasteiger partial charge is 0.497 e. The molecule has 3 nitrogen and oxygen atoms in total. The van der Waals surface area contributed by atoms with Crippen molar-refractivity contribution in [3.63, 3.8) is 0 Å². The molecule has 3 heteroatoms. The molecule has 0 bridgehead atoms. The van der Waals surface area contributed by atoms with Crippen LogP contribution in [0.15, 0.2) is 36.4 Å². The first-order valence-electron chi connectivity index (χ1n) is 5.70. The molecule has 0 saturated heterocycles. The lowest BCUT2D eigenvalue weighted by atomic mass is 9.98. The van der Waals surface area contributed by atoms with Crippen molar-refractivity contribution in [1.29, 1.82) is 0 Å². The summed E-state index contributed by atoms with van der Waals surface area (Å²) < 4.78 is 5.19. The Kier molecular flexibility index (Phi) is 3.31. The van der Waals surface area contributed by atoms with E-state index in [0.717, 1.165) is 22.1 Å². The second-order valence-electron chi connectivity index (χ2n) is 4.36. The van der Waals surface area contributed by atoms with Crippen LogP contribution in [0.3, 0.4) is 0 Å². The fourth-order valence-electron chi connectivity index (χ4n) is 1.88. The van der Waals surface area contributed by atoms with Gasteiger partial charge in [-0.25, -0.2) is 0 Å². The van der Waals surface area contributed by atoms with Crippen molar-refractivity contribution in [2.24, 2.45) is 11.5 Å². The maximum atomic E-state index is 6.04. The number of benzene rings is 2. The maximum Gasteiger partial charge on any atom is 0.119 e. The minimum atomic E-state index is -0.124. The number of hydrogen-bond acceptors (Lipinski definition) is 3. The van der Waals surface area contributed by atoms with E-state index in [0.29, 0.717) is 0 Å². The second kappa shape index (κ2) is 4.73. The van der Waals surface area contributed by atoms with E-state index in [9.17, 15) is 0 Å². The third-order valence-corrected chi connectivity index (χ3v) is 3.02. The molecule has 0 fully saturated rings. The van der Waals surface area contributed by atoms with Crippen LogP contribution in [0, 0.1) is 0 Å². The number of rotatable bonds is 3. The molecule has 0 heterocycles. The molecule has 90 valence electrons. The van der Waals surface area contributed by atoms with Crippen molar-refractivity contribution >= 4 is 10.8 Å². The van der Waals surface area contributed by atoms with Gasteiger partial charge in [0, 0.05) is 12.1 Å². The average Bonchev–Trinajstić information content (AvgIpc) is 2.36. The van der Waals surface area contributed by atoms with Gasteiger partial charge in [0.05, 0.1) is 7.11 Å². The molecule has 0 radical (unpaired) electrons. The van der Waals surface area contributed by atoms with Gasteiger partial charge < -0.3 is 16.2 Å². The van der Waals surface area contributed by atoms with Gasteiger partial charge in [-0.05, 0) is 41.5 Å². The summed E-state index contributed by atoms with van der Waals surface area (Å²) in [6.07, 6.45) is 0. The highest BCUT2D eigenvalue weighted by Gasteiger charge is 2.11. The number of fused-ring (bicyclic) bond motifs is 1. The fourth-order valence-corrected chi connectivity index (χ4v) is 1.88. The molecular weight excluding hydrogens is 212 g/mol. The number of methoxy groups -OCH3 is 1. The SMILES string of the molecule is COc1ccc2cc(C(N)C(C)N)ccc2c1. The summed E-state index contributed by atoms with van der Waals surface area (Å²) >= 11 is 0. The lowest BCUT2D eigenvalue weighted by molar-refractivity contribution is 0.415. The summed E-state index contributed by atoms with van der Waals surface area (Å²) in [7, 11) is 1.67. The molecule has 0 aromatic heterocycles. The fraction of sp³-hybridized carbons (Fsp3) is 0.286. The highest BCUT2D eigenvalue weighted by atomic mass is 16.5. The van der Waals surface area contributed by atoms with Gasteiger partial charge in [0.2, 0.25) is 0 Å². The summed E-state index contributed by atoms with van der Waals surface area (Å²) in [5, 5.41) is 2.30. The van der Waals surface area contributed by atoms with Gasteiger partial charge in [0.15, 0.2) is 0 Å². The van der Waals surface area contributed by atoms with E-state index in [-0.39, 0.29) is 12.1 Å². The van der Waals surface area contributed by atoms with Crippen LogP contribution < -0.4 is 16.2 Å². The van der Waals surface area contributed by atoms with Gasteiger partial charge >= 0.3 is 0 Å². The first-order valence-corrected chi connectivity index (χ1v) is 5.70. The number of hydrogen-bond donors (Lipinski definition) is 2. The lowest BCUT2D eigenvalue weighted by Crippen LogP contribution is -2.30. The van der Waals surface area contributed by atoms with Crippen molar-refractivity contribution in [3.8, 4) is 5.75 Å². The normalized spacial score (nSPS) is 14.6. The Morgan fingerprint density at radius 2 is 1.65 bits per heavy atom. The van der Waals surface area contributed by atoms with Crippen LogP contribution in [0.4, 0.5) is 0 Å². The van der Waals surface area contributed by atoms with Crippen LogP contribution in [0.1, 0.15) is 18.5 Å². The van der Waals surface area contributed by atoms with Gasteiger partial charge in [0.1, 0.15) is 5.75 Å². The first kappa shape index (κ1) is 11.9. The molecule has 0 spiro atoms. The Hall–Kier alpha value is -1.58. The van der Waals surface area contributed by atoms with Crippen LogP contribution in [0.2, 0.25) is 0 Å². The number of ether oxygens (including phenoxy) is 1. The Labute approximate surface area is 101 Å². The molecule has 2 atom stereocenters. The van der Waals surface area contributed by atoms with E-state index in [1.807, 2.05) is 31.2 Å². The van der Waals surface area contributed by atoms with E-state index in [4.69, 9.17) is 16.2 Å². The summed E-state index contributed by atoms with van der Waals surface area (Å²) in [5.74, 6) is 0.863. The molecule has 4 N–H and O–H groups in total. The highest BCUT2D eigenvalue weighted by Crippen LogP contribution is 2.24. The Morgan fingerprint density at radius 3 is 2.29 bits per heavy atom. The van der Waals surface area contributed by atoms with E-state index in [2.05, 4.69) is 12.1 Å². The molecule has 2 aromatic rings. The average molecular weight is 230 g/mol. The molecule has 0 amide bonds. The standard InChI is InChI=1S/C14H18N2O/c1-9(15)14(16)12-4-3-11-8-13(17-2)6-5-10(11)7-12/h3-9,14H,15-16H2,1-2H3. The molecule has 0 aliphatic carbocycles. The molecule has 0 saturated carbocycles. The van der Waals surface area contributed by atoms with Crippen molar-refractivity contribution in [3.05, 3.63) is 42.0 Å². The van der Waals surface area contributed by atoms with Gasteiger partial charge in [0.25, 0.3) is 0 Å². The number of nitrogens with two attached hydrogens (primary N) is 2. The third-order valence-electron chi connectivity index (χ3n) is 3.02. The topological polar surface area (TPSA) is 61.3 Å². The van der Waals surface area contributed by atoms with Gasteiger partial charge in [-0.15, -0.1) is 0 Å². The summed E-state index contributed by atoms with van der Waals surface area (Å²) in [6.45, 7) is 1.92. The zero-order valence-corrected chi connectivity index (χ0v) is 10.2. The van der Waals surface area contributed by atoms with E-state index in [1.165, 1.54) is 0 Å². The maximum absolute atomic E-state index is 6.04. The molecule has 0 aliphatic heterocycles.